The van der Waals surface area contributed by atoms with Gasteiger partial charge in [0.05, 0.1) is 18.8 Å². The average molecular weight is 273 g/mol. The first-order chi connectivity index (χ1) is 8.92. The molecule has 1 saturated heterocycles. The van der Waals surface area contributed by atoms with Gasteiger partial charge in [0.2, 0.25) is 0 Å². The van der Waals surface area contributed by atoms with E-state index < -0.39 is 22.9 Å². The lowest BCUT2D eigenvalue weighted by molar-refractivity contribution is 0.0454. The fourth-order valence-corrected chi connectivity index (χ4v) is 2.45. The van der Waals surface area contributed by atoms with Crippen molar-refractivity contribution in [2.24, 2.45) is 0 Å². The molecule has 0 amide bonds. The van der Waals surface area contributed by atoms with E-state index in [4.69, 9.17) is 4.74 Å². The zero-order valence-corrected chi connectivity index (χ0v) is 11.1. The second kappa shape index (κ2) is 5.51. The molecule has 0 saturated carbocycles. The van der Waals surface area contributed by atoms with Gasteiger partial charge in [-0.15, -0.1) is 0 Å². The summed E-state index contributed by atoms with van der Waals surface area (Å²) in [7, 11) is 0. The van der Waals surface area contributed by atoms with Gasteiger partial charge in [0, 0.05) is 19.0 Å². The van der Waals surface area contributed by atoms with Crippen LogP contribution in [0.15, 0.2) is 12.1 Å². The number of benzene rings is 1. The summed E-state index contributed by atoms with van der Waals surface area (Å²) >= 11 is 0. The first kappa shape index (κ1) is 14.3. The van der Waals surface area contributed by atoms with Crippen molar-refractivity contribution in [1.29, 1.82) is 0 Å². The molecule has 2 nitrogen and oxygen atoms in total. The normalized spacial score (nSPS) is 23.1. The van der Waals surface area contributed by atoms with Gasteiger partial charge in [0.1, 0.15) is 17.3 Å². The van der Waals surface area contributed by atoms with Crippen LogP contribution in [0.3, 0.4) is 0 Å². The number of halogens is 3. The monoisotopic (exact) mass is 273 g/mol. The van der Waals surface area contributed by atoms with Crippen LogP contribution in [-0.2, 0) is 10.4 Å². The maximum atomic E-state index is 14.7. The van der Waals surface area contributed by atoms with Crippen molar-refractivity contribution < 1.29 is 17.9 Å². The van der Waals surface area contributed by atoms with E-state index in [1.807, 2.05) is 0 Å². The molecule has 1 N–H and O–H groups in total. The molecule has 0 aliphatic carbocycles. The molecule has 2 atom stereocenters. The molecule has 0 aromatic heterocycles. The summed E-state index contributed by atoms with van der Waals surface area (Å²) in [5.74, 6) is -1.65. The van der Waals surface area contributed by atoms with Crippen LogP contribution in [0.1, 0.15) is 24.5 Å². The standard InChI is InChI=1S/C14H18F3NO/c1-9-3-4-11(15)12(13(9)16)14(2,17)7-10-8-19-6-5-18-10/h3-4,10,18H,5-8H2,1-2H3. The SMILES string of the molecule is Cc1ccc(F)c(C(C)(F)CC2COCCN2)c1F. The lowest BCUT2D eigenvalue weighted by Crippen LogP contribution is -2.44. The van der Waals surface area contributed by atoms with Gasteiger partial charge in [-0.2, -0.15) is 0 Å². The Kier molecular flexibility index (Phi) is 4.16. The Labute approximate surface area is 111 Å². The summed E-state index contributed by atoms with van der Waals surface area (Å²) in [6.45, 7) is 4.27. The minimum Gasteiger partial charge on any atom is -0.379 e. The predicted octanol–water partition coefficient (Wildman–Crippen LogP) is 2.84. The van der Waals surface area contributed by atoms with Crippen molar-refractivity contribution in [3.05, 3.63) is 34.9 Å². The van der Waals surface area contributed by atoms with E-state index in [2.05, 4.69) is 5.32 Å². The fraction of sp³-hybridized carbons (Fsp3) is 0.571. The molecule has 106 valence electrons. The van der Waals surface area contributed by atoms with Gasteiger partial charge in [-0.1, -0.05) is 6.07 Å². The Morgan fingerprint density at radius 2 is 2.16 bits per heavy atom. The van der Waals surface area contributed by atoms with Crippen LogP contribution in [0.25, 0.3) is 0 Å². The van der Waals surface area contributed by atoms with Crippen molar-refractivity contribution in [2.75, 3.05) is 19.8 Å². The first-order valence-electron chi connectivity index (χ1n) is 6.37. The molecule has 1 aliphatic heterocycles. The van der Waals surface area contributed by atoms with E-state index in [-0.39, 0.29) is 18.0 Å². The van der Waals surface area contributed by atoms with Gasteiger partial charge in [-0.3, -0.25) is 0 Å². The van der Waals surface area contributed by atoms with Crippen LogP contribution < -0.4 is 5.32 Å². The molecule has 1 aromatic carbocycles. The van der Waals surface area contributed by atoms with Crippen LogP contribution in [0, 0.1) is 18.6 Å². The number of morpholine rings is 1. The summed E-state index contributed by atoms with van der Waals surface area (Å²) in [4.78, 5) is 0. The number of hydrogen-bond donors (Lipinski definition) is 1. The van der Waals surface area contributed by atoms with E-state index in [0.29, 0.717) is 19.8 Å². The van der Waals surface area contributed by atoms with E-state index in [0.717, 1.165) is 6.07 Å². The highest BCUT2D eigenvalue weighted by molar-refractivity contribution is 5.31. The quantitative estimate of drug-likeness (QED) is 0.914. The number of aryl methyl sites for hydroxylation is 1. The largest absolute Gasteiger partial charge is 0.379 e. The molecule has 1 aromatic rings. The minimum absolute atomic E-state index is 0.0235. The maximum Gasteiger partial charge on any atom is 0.140 e. The lowest BCUT2D eigenvalue weighted by Gasteiger charge is -2.30. The number of ether oxygens (including phenoxy) is 1. The summed E-state index contributed by atoms with van der Waals surface area (Å²) in [6, 6.07) is 2.19. The molecule has 5 heteroatoms. The van der Waals surface area contributed by atoms with E-state index in [1.54, 1.807) is 0 Å². The Balaban J connectivity index is 2.25. The van der Waals surface area contributed by atoms with Crippen LogP contribution in [0.5, 0.6) is 0 Å². The van der Waals surface area contributed by atoms with Crippen molar-refractivity contribution in [2.45, 2.75) is 32.0 Å². The van der Waals surface area contributed by atoms with E-state index >= 15 is 0 Å². The highest BCUT2D eigenvalue weighted by atomic mass is 19.2. The highest BCUT2D eigenvalue weighted by Crippen LogP contribution is 2.35. The first-order valence-corrected chi connectivity index (χ1v) is 6.37. The lowest BCUT2D eigenvalue weighted by atomic mass is 9.88. The topological polar surface area (TPSA) is 21.3 Å². The van der Waals surface area contributed by atoms with Crippen LogP contribution >= 0.6 is 0 Å². The Morgan fingerprint density at radius 3 is 2.79 bits per heavy atom. The van der Waals surface area contributed by atoms with Crippen LogP contribution in [0.4, 0.5) is 13.2 Å². The zero-order valence-electron chi connectivity index (χ0n) is 11.1. The molecule has 2 rings (SSSR count). The van der Waals surface area contributed by atoms with Gasteiger partial charge in [-0.05, 0) is 25.5 Å². The van der Waals surface area contributed by atoms with Crippen LogP contribution in [-0.4, -0.2) is 25.8 Å². The van der Waals surface area contributed by atoms with Gasteiger partial charge in [0.25, 0.3) is 0 Å². The number of hydrogen-bond acceptors (Lipinski definition) is 2. The summed E-state index contributed by atoms with van der Waals surface area (Å²) in [5.41, 5.74) is -2.31. The van der Waals surface area contributed by atoms with Crippen molar-refractivity contribution in [1.82, 2.24) is 5.32 Å². The second-order valence-electron chi connectivity index (χ2n) is 5.18. The molecule has 1 fully saturated rings. The molecule has 19 heavy (non-hydrogen) atoms. The molecule has 0 bridgehead atoms. The zero-order chi connectivity index (χ0) is 14.0. The minimum atomic E-state index is -2.07. The molecule has 1 heterocycles. The number of nitrogens with one attached hydrogen (secondary N) is 1. The molecular weight excluding hydrogens is 255 g/mol. The fourth-order valence-electron chi connectivity index (χ4n) is 2.45. The molecule has 0 spiro atoms. The molecule has 0 radical (unpaired) electrons. The second-order valence-corrected chi connectivity index (χ2v) is 5.18. The summed E-state index contributed by atoms with van der Waals surface area (Å²) in [6.07, 6.45) is -0.0235. The third kappa shape index (κ3) is 3.09. The van der Waals surface area contributed by atoms with E-state index in [1.165, 1.54) is 19.9 Å². The van der Waals surface area contributed by atoms with Crippen molar-refractivity contribution in [3.63, 3.8) is 0 Å². The third-order valence-electron chi connectivity index (χ3n) is 3.43. The molecule has 2 unspecified atom stereocenters. The highest BCUT2D eigenvalue weighted by Gasteiger charge is 2.36. The Bertz CT molecular complexity index is 456. The smallest absolute Gasteiger partial charge is 0.140 e. The Morgan fingerprint density at radius 1 is 1.42 bits per heavy atom. The Hall–Kier alpha value is -1.07. The van der Waals surface area contributed by atoms with Crippen molar-refractivity contribution >= 4 is 0 Å². The number of rotatable bonds is 3. The summed E-state index contributed by atoms with van der Waals surface area (Å²) < 4.78 is 47.7. The van der Waals surface area contributed by atoms with Gasteiger partial charge in [0.15, 0.2) is 0 Å². The van der Waals surface area contributed by atoms with E-state index in [9.17, 15) is 13.2 Å². The van der Waals surface area contributed by atoms with Gasteiger partial charge >= 0.3 is 0 Å². The van der Waals surface area contributed by atoms with Gasteiger partial charge in [-0.25, -0.2) is 13.2 Å². The maximum absolute atomic E-state index is 14.7. The number of alkyl halides is 1. The van der Waals surface area contributed by atoms with Gasteiger partial charge < -0.3 is 10.1 Å². The molecule has 1 aliphatic rings. The van der Waals surface area contributed by atoms with Crippen molar-refractivity contribution in [3.8, 4) is 0 Å². The third-order valence-corrected chi connectivity index (χ3v) is 3.43. The molecular formula is C14H18F3NO. The average Bonchev–Trinajstić information content (AvgIpc) is 2.35. The van der Waals surface area contributed by atoms with Crippen LogP contribution in [0.2, 0.25) is 0 Å². The predicted molar refractivity (Wildman–Crippen MR) is 66.8 cm³/mol. The summed E-state index contributed by atoms with van der Waals surface area (Å²) in [5, 5.41) is 3.09.